The molecule has 1 atom stereocenters. The van der Waals surface area contributed by atoms with Gasteiger partial charge in [-0.1, -0.05) is 27.7 Å². The number of hydrogen-bond acceptors (Lipinski definition) is 7. The Morgan fingerprint density at radius 1 is 1.12 bits per heavy atom. The zero-order chi connectivity index (χ0) is 23.1. The highest BCUT2D eigenvalue weighted by molar-refractivity contribution is 5.69. The van der Waals surface area contributed by atoms with Crippen LogP contribution in [-0.4, -0.2) is 52.6 Å². The van der Waals surface area contributed by atoms with Crippen LogP contribution in [0.3, 0.4) is 0 Å². The molecule has 7 nitrogen and oxygen atoms in total. The minimum Gasteiger partial charge on any atom is -0.480 e. The molecule has 0 aromatic carbocycles. The fourth-order valence-electron chi connectivity index (χ4n) is 4.23. The van der Waals surface area contributed by atoms with Crippen molar-refractivity contribution in [3.8, 4) is 23.1 Å². The maximum absolute atomic E-state index is 14.2. The molecule has 8 heteroatoms. The largest absolute Gasteiger partial charge is 0.480 e. The van der Waals surface area contributed by atoms with Gasteiger partial charge in [0, 0.05) is 25.2 Å². The highest BCUT2D eigenvalue weighted by atomic mass is 19.1. The number of aromatic nitrogens is 4. The summed E-state index contributed by atoms with van der Waals surface area (Å²) in [7, 11) is 1.57. The molecule has 1 saturated heterocycles. The number of rotatable bonds is 10. The Bertz CT molecular complexity index is 873. The first kappa shape index (κ1) is 24.1. The van der Waals surface area contributed by atoms with Gasteiger partial charge in [-0.3, -0.25) is 0 Å². The maximum Gasteiger partial charge on any atom is 0.319 e. The summed E-state index contributed by atoms with van der Waals surface area (Å²) < 4.78 is 25.6. The Morgan fingerprint density at radius 2 is 1.88 bits per heavy atom. The van der Waals surface area contributed by atoms with Crippen molar-refractivity contribution in [3.63, 3.8) is 0 Å². The Balaban J connectivity index is 2.01. The lowest BCUT2D eigenvalue weighted by Gasteiger charge is -2.33. The number of alkyl halides is 1. The molecule has 2 aromatic rings. The van der Waals surface area contributed by atoms with Gasteiger partial charge in [-0.15, -0.1) is 5.10 Å². The van der Waals surface area contributed by atoms with Crippen molar-refractivity contribution in [1.29, 1.82) is 0 Å². The highest BCUT2D eigenvalue weighted by Gasteiger charge is 2.26. The van der Waals surface area contributed by atoms with E-state index in [-0.39, 0.29) is 18.0 Å². The van der Waals surface area contributed by atoms with Gasteiger partial charge < -0.3 is 14.4 Å². The van der Waals surface area contributed by atoms with Crippen molar-refractivity contribution in [2.75, 3.05) is 25.1 Å². The van der Waals surface area contributed by atoms with Gasteiger partial charge in [-0.2, -0.15) is 10.1 Å². The standard InChI is InChI=1S/C24H36FN5O2/c1-6-16(7-2)22-21(30-12-10-11-17(25)15-30)13-20(28-29-22)19-14-26-24(27-23(19)31-5)32-18(8-3)9-4/h13-14,16-18H,6-12,15H2,1-5H3. The van der Waals surface area contributed by atoms with Gasteiger partial charge in [0.05, 0.1) is 24.1 Å². The summed E-state index contributed by atoms with van der Waals surface area (Å²) in [6.45, 7) is 9.64. The number of methoxy groups -OCH3 is 1. The van der Waals surface area contributed by atoms with Gasteiger partial charge >= 0.3 is 6.01 Å². The van der Waals surface area contributed by atoms with Crippen molar-refractivity contribution >= 4 is 5.69 Å². The van der Waals surface area contributed by atoms with Crippen LogP contribution in [-0.2, 0) is 0 Å². The van der Waals surface area contributed by atoms with Gasteiger partial charge in [0.15, 0.2) is 0 Å². The van der Waals surface area contributed by atoms with Gasteiger partial charge in [0.1, 0.15) is 18.0 Å². The van der Waals surface area contributed by atoms with Crippen molar-refractivity contribution in [2.24, 2.45) is 0 Å². The zero-order valence-electron chi connectivity index (χ0n) is 20.0. The summed E-state index contributed by atoms with van der Waals surface area (Å²) in [6, 6.07) is 2.28. The van der Waals surface area contributed by atoms with Crippen LogP contribution in [0.15, 0.2) is 12.3 Å². The van der Waals surface area contributed by atoms with Crippen LogP contribution in [0.4, 0.5) is 10.1 Å². The van der Waals surface area contributed by atoms with E-state index < -0.39 is 6.17 Å². The molecular formula is C24H36FN5O2. The molecule has 1 aliphatic heterocycles. The molecular weight excluding hydrogens is 409 g/mol. The van der Waals surface area contributed by atoms with E-state index in [1.165, 1.54) is 0 Å². The van der Waals surface area contributed by atoms with E-state index in [9.17, 15) is 4.39 Å². The van der Waals surface area contributed by atoms with E-state index in [0.717, 1.165) is 50.0 Å². The minimum atomic E-state index is -0.825. The summed E-state index contributed by atoms with van der Waals surface area (Å²) >= 11 is 0. The predicted molar refractivity (Wildman–Crippen MR) is 124 cm³/mol. The van der Waals surface area contributed by atoms with Crippen LogP contribution in [0.25, 0.3) is 11.3 Å². The summed E-state index contributed by atoms with van der Waals surface area (Å²) in [5.41, 5.74) is 3.14. The second-order valence-corrected chi connectivity index (χ2v) is 8.33. The normalized spacial score (nSPS) is 16.6. The summed E-state index contributed by atoms with van der Waals surface area (Å²) in [5.74, 6) is 0.666. The van der Waals surface area contributed by atoms with Crippen LogP contribution < -0.4 is 14.4 Å². The molecule has 3 heterocycles. The Hall–Kier alpha value is -2.51. The fraction of sp³-hybridized carbons (Fsp3) is 0.667. The maximum atomic E-state index is 14.2. The average molecular weight is 446 g/mol. The monoisotopic (exact) mass is 445 g/mol. The van der Waals surface area contributed by atoms with Crippen LogP contribution in [0.2, 0.25) is 0 Å². The Morgan fingerprint density at radius 3 is 2.50 bits per heavy atom. The molecule has 0 spiro atoms. The Kier molecular flexibility index (Phi) is 8.59. The van der Waals surface area contributed by atoms with Gasteiger partial charge in [0.25, 0.3) is 0 Å². The third-order valence-corrected chi connectivity index (χ3v) is 6.26. The van der Waals surface area contributed by atoms with E-state index in [1.807, 2.05) is 6.07 Å². The molecule has 3 rings (SSSR count). The number of piperidine rings is 1. The van der Waals surface area contributed by atoms with Gasteiger partial charge in [-0.05, 0) is 44.6 Å². The summed E-state index contributed by atoms with van der Waals surface area (Å²) in [4.78, 5) is 10.9. The first-order valence-electron chi connectivity index (χ1n) is 11.9. The second-order valence-electron chi connectivity index (χ2n) is 8.33. The molecule has 1 aliphatic rings. The number of hydrogen-bond donors (Lipinski definition) is 0. The first-order valence-corrected chi connectivity index (χ1v) is 11.9. The van der Waals surface area contributed by atoms with Crippen molar-refractivity contribution in [3.05, 3.63) is 18.0 Å². The molecule has 0 radical (unpaired) electrons. The lowest BCUT2D eigenvalue weighted by atomic mass is 9.96. The van der Waals surface area contributed by atoms with Crippen molar-refractivity contribution in [1.82, 2.24) is 20.2 Å². The van der Waals surface area contributed by atoms with Crippen LogP contribution in [0.1, 0.15) is 77.8 Å². The van der Waals surface area contributed by atoms with E-state index in [1.54, 1.807) is 13.3 Å². The SMILES string of the molecule is CCC(CC)Oc1ncc(-c2cc(N3CCCC(F)C3)c(C(CC)CC)nn2)c(OC)n1. The van der Waals surface area contributed by atoms with Gasteiger partial charge in [-0.25, -0.2) is 9.37 Å². The smallest absolute Gasteiger partial charge is 0.319 e. The minimum absolute atomic E-state index is 0.0593. The number of nitrogens with zero attached hydrogens (tertiary/aromatic N) is 5. The van der Waals surface area contributed by atoms with Crippen LogP contribution in [0, 0.1) is 0 Å². The molecule has 32 heavy (non-hydrogen) atoms. The average Bonchev–Trinajstić information content (AvgIpc) is 2.83. The molecule has 0 amide bonds. The van der Waals surface area contributed by atoms with Crippen molar-refractivity contribution < 1.29 is 13.9 Å². The molecule has 0 aliphatic carbocycles. The highest BCUT2D eigenvalue weighted by Crippen LogP contribution is 2.36. The van der Waals surface area contributed by atoms with E-state index in [0.29, 0.717) is 30.1 Å². The molecule has 1 unspecified atom stereocenters. The molecule has 0 bridgehead atoms. The number of anilines is 1. The molecule has 2 aromatic heterocycles. The molecule has 1 fully saturated rings. The number of ether oxygens (including phenoxy) is 2. The quantitative estimate of drug-likeness (QED) is 0.488. The first-order chi connectivity index (χ1) is 15.5. The van der Waals surface area contributed by atoms with E-state index >= 15 is 0 Å². The molecule has 0 N–H and O–H groups in total. The molecule has 0 saturated carbocycles. The van der Waals surface area contributed by atoms with Crippen molar-refractivity contribution in [2.45, 2.75) is 84.4 Å². The Labute approximate surface area is 190 Å². The lowest BCUT2D eigenvalue weighted by molar-refractivity contribution is 0.174. The summed E-state index contributed by atoms with van der Waals surface area (Å²) in [6.07, 6.45) is 6.01. The lowest BCUT2D eigenvalue weighted by Crippen LogP contribution is -2.37. The van der Waals surface area contributed by atoms with E-state index in [2.05, 4.69) is 52.8 Å². The fourth-order valence-corrected chi connectivity index (χ4v) is 4.23. The third-order valence-electron chi connectivity index (χ3n) is 6.26. The van der Waals surface area contributed by atoms with Gasteiger partial charge in [0.2, 0.25) is 5.88 Å². The molecule has 176 valence electrons. The summed E-state index contributed by atoms with van der Waals surface area (Å²) in [5, 5.41) is 9.11. The zero-order valence-corrected chi connectivity index (χ0v) is 20.0. The number of halogens is 1. The van der Waals surface area contributed by atoms with Crippen LogP contribution >= 0.6 is 0 Å². The predicted octanol–water partition coefficient (Wildman–Crippen LogP) is 5.35. The second kappa shape index (κ2) is 11.4. The third kappa shape index (κ3) is 5.45. The van der Waals surface area contributed by atoms with E-state index in [4.69, 9.17) is 9.47 Å². The topological polar surface area (TPSA) is 73.3 Å². The van der Waals surface area contributed by atoms with Crippen LogP contribution in [0.5, 0.6) is 11.9 Å².